The van der Waals surface area contributed by atoms with Crippen molar-refractivity contribution in [2.45, 2.75) is 0 Å². The Kier molecular flexibility index (Phi) is 2.98. The van der Waals surface area contributed by atoms with Gasteiger partial charge in [-0.15, -0.1) is 0 Å². The molecule has 0 aliphatic heterocycles. The van der Waals surface area contributed by atoms with Crippen molar-refractivity contribution in [3.05, 3.63) is 60.7 Å². The van der Waals surface area contributed by atoms with Crippen LogP contribution in [0.4, 0.5) is 0 Å². The lowest BCUT2D eigenvalue weighted by Crippen LogP contribution is -1.91. The van der Waals surface area contributed by atoms with Crippen LogP contribution in [0.25, 0.3) is 21.8 Å². The molecule has 0 bridgehead atoms. The Bertz CT molecular complexity index is 948. The van der Waals surface area contributed by atoms with Crippen molar-refractivity contribution >= 4 is 21.8 Å². The standard InChI is InChI=1S/C18H12N2O3/c21-13-3-5-15-11(9-13)1-7-17(19-15)23-18-8-2-12-10-14(22)4-6-16(12)20-18/h1-10,21-22H. The zero-order chi connectivity index (χ0) is 15.8. The van der Waals surface area contributed by atoms with Crippen LogP contribution in [0.15, 0.2) is 60.7 Å². The number of benzene rings is 2. The molecule has 2 aromatic carbocycles. The van der Waals surface area contributed by atoms with E-state index in [1.54, 1.807) is 48.5 Å². The van der Waals surface area contributed by atoms with Crippen LogP contribution >= 0.6 is 0 Å². The summed E-state index contributed by atoms with van der Waals surface area (Å²) in [6.45, 7) is 0. The van der Waals surface area contributed by atoms with Crippen LogP contribution in [0.1, 0.15) is 0 Å². The normalized spacial score (nSPS) is 11.0. The van der Waals surface area contributed by atoms with E-state index in [2.05, 4.69) is 9.97 Å². The minimum atomic E-state index is 0.201. The number of pyridine rings is 2. The summed E-state index contributed by atoms with van der Waals surface area (Å²) in [5.74, 6) is 1.25. The number of phenols is 2. The molecule has 5 nitrogen and oxygen atoms in total. The Morgan fingerprint density at radius 2 is 1.09 bits per heavy atom. The van der Waals surface area contributed by atoms with Gasteiger partial charge in [-0.05, 0) is 48.5 Å². The van der Waals surface area contributed by atoms with E-state index in [1.165, 1.54) is 0 Å². The zero-order valence-electron chi connectivity index (χ0n) is 12.0. The first-order valence-electron chi connectivity index (χ1n) is 7.05. The highest BCUT2D eigenvalue weighted by molar-refractivity contribution is 5.81. The number of aromatic nitrogens is 2. The average molecular weight is 304 g/mol. The minimum absolute atomic E-state index is 0.201. The molecule has 112 valence electrons. The third-order valence-electron chi connectivity index (χ3n) is 3.50. The lowest BCUT2D eigenvalue weighted by Gasteiger charge is -2.06. The van der Waals surface area contributed by atoms with Crippen LogP contribution in [0.5, 0.6) is 23.3 Å². The second kappa shape index (κ2) is 5.14. The molecule has 0 fully saturated rings. The molecule has 2 aromatic heterocycles. The largest absolute Gasteiger partial charge is 0.508 e. The Morgan fingerprint density at radius 1 is 0.609 bits per heavy atom. The van der Waals surface area contributed by atoms with Gasteiger partial charge in [0.1, 0.15) is 11.5 Å². The third kappa shape index (κ3) is 2.60. The summed E-state index contributed by atoms with van der Waals surface area (Å²) in [6, 6.07) is 17.0. The first-order valence-corrected chi connectivity index (χ1v) is 7.05. The van der Waals surface area contributed by atoms with Crippen LogP contribution in [0.3, 0.4) is 0 Å². The summed E-state index contributed by atoms with van der Waals surface area (Å²) in [6.07, 6.45) is 0. The summed E-state index contributed by atoms with van der Waals surface area (Å²) in [7, 11) is 0. The molecular formula is C18H12N2O3. The summed E-state index contributed by atoms with van der Waals surface area (Å²) >= 11 is 0. The molecule has 0 atom stereocenters. The van der Waals surface area contributed by atoms with Crippen LogP contribution < -0.4 is 4.74 Å². The molecule has 0 saturated heterocycles. The molecule has 0 radical (unpaired) electrons. The van der Waals surface area contributed by atoms with E-state index >= 15 is 0 Å². The second-order valence-corrected chi connectivity index (χ2v) is 5.16. The quantitative estimate of drug-likeness (QED) is 0.585. The Morgan fingerprint density at radius 3 is 1.57 bits per heavy atom. The predicted molar refractivity (Wildman–Crippen MR) is 86.9 cm³/mol. The van der Waals surface area contributed by atoms with Gasteiger partial charge in [0.25, 0.3) is 0 Å². The molecule has 4 rings (SSSR count). The SMILES string of the molecule is Oc1ccc2nc(Oc3ccc4cc(O)ccc4n3)ccc2c1. The van der Waals surface area contributed by atoms with Crippen LogP contribution in [-0.2, 0) is 0 Å². The molecular weight excluding hydrogens is 292 g/mol. The highest BCUT2D eigenvalue weighted by atomic mass is 16.5. The Labute approximate surface area is 131 Å². The molecule has 23 heavy (non-hydrogen) atoms. The van der Waals surface area contributed by atoms with Gasteiger partial charge in [-0.3, -0.25) is 0 Å². The molecule has 2 heterocycles. The van der Waals surface area contributed by atoms with Crippen molar-refractivity contribution < 1.29 is 14.9 Å². The zero-order valence-corrected chi connectivity index (χ0v) is 12.0. The summed E-state index contributed by atoms with van der Waals surface area (Å²) in [5, 5.41) is 20.6. The van der Waals surface area contributed by atoms with E-state index in [9.17, 15) is 10.2 Å². The van der Waals surface area contributed by atoms with Gasteiger partial charge in [-0.25, -0.2) is 9.97 Å². The van der Waals surface area contributed by atoms with E-state index in [-0.39, 0.29) is 11.5 Å². The highest BCUT2D eigenvalue weighted by Crippen LogP contribution is 2.26. The maximum absolute atomic E-state index is 9.47. The van der Waals surface area contributed by atoms with E-state index in [4.69, 9.17) is 4.74 Å². The average Bonchev–Trinajstić information content (AvgIpc) is 2.55. The lowest BCUT2D eigenvalue weighted by molar-refractivity contribution is 0.448. The molecule has 0 aliphatic rings. The molecule has 0 unspecified atom stereocenters. The smallest absolute Gasteiger partial charge is 0.221 e. The van der Waals surface area contributed by atoms with E-state index in [0.29, 0.717) is 11.8 Å². The van der Waals surface area contributed by atoms with Crippen molar-refractivity contribution in [3.63, 3.8) is 0 Å². The maximum atomic E-state index is 9.47. The van der Waals surface area contributed by atoms with Gasteiger partial charge >= 0.3 is 0 Å². The molecule has 0 aliphatic carbocycles. The Hall–Kier alpha value is -3.34. The topological polar surface area (TPSA) is 75.5 Å². The van der Waals surface area contributed by atoms with Crippen molar-refractivity contribution in [2.75, 3.05) is 0 Å². The summed E-state index contributed by atoms with van der Waals surface area (Å²) in [5.41, 5.74) is 1.46. The first kappa shape index (κ1) is 13.3. The van der Waals surface area contributed by atoms with Gasteiger partial charge in [0.2, 0.25) is 11.8 Å². The van der Waals surface area contributed by atoms with E-state index in [1.807, 2.05) is 12.1 Å². The number of hydrogen-bond donors (Lipinski definition) is 2. The van der Waals surface area contributed by atoms with Crippen LogP contribution in [-0.4, -0.2) is 20.2 Å². The summed E-state index contributed by atoms with van der Waals surface area (Å²) in [4.78, 5) is 8.78. The molecule has 4 aromatic rings. The van der Waals surface area contributed by atoms with E-state index < -0.39 is 0 Å². The number of ether oxygens (including phenoxy) is 1. The van der Waals surface area contributed by atoms with Gasteiger partial charge in [0, 0.05) is 22.9 Å². The fourth-order valence-electron chi connectivity index (χ4n) is 2.41. The molecule has 5 heteroatoms. The van der Waals surface area contributed by atoms with Gasteiger partial charge < -0.3 is 14.9 Å². The molecule has 0 amide bonds. The fourth-order valence-corrected chi connectivity index (χ4v) is 2.41. The number of nitrogens with zero attached hydrogens (tertiary/aromatic N) is 2. The molecule has 2 N–H and O–H groups in total. The van der Waals surface area contributed by atoms with Crippen LogP contribution in [0, 0.1) is 0 Å². The maximum Gasteiger partial charge on any atom is 0.221 e. The van der Waals surface area contributed by atoms with Crippen molar-refractivity contribution in [2.24, 2.45) is 0 Å². The number of aromatic hydroxyl groups is 2. The Balaban J connectivity index is 1.69. The third-order valence-corrected chi connectivity index (χ3v) is 3.50. The fraction of sp³-hybridized carbons (Fsp3) is 0. The van der Waals surface area contributed by atoms with Crippen molar-refractivity contribution in [1.82, 2.24) is 9.97 Å². The highest BCUT2D eigenvalue weighted by Gasteiger charge is 2.05. The molecule has 0 saturated carbocycles. The number of hydrogen-bond acceptors (Lipinski definition) is 5. The summed E-state index contributed by atoms with van der Waals surface area (Å²) < 4.78 is 5.71. The van der Waals surface area contributed by atoms with E-state index in [0.717, 1.165) is 21.8 Å². The second-order valence-electron chi connectivity index (χ2n) is 5.16. The monoisotopic (exact) mass is 304 g/mol. The first-order chi connectivity index (χ1) is 11.2. The van der Waals surface area contributed by atoms with Gasteiger partial charge in [0.15, 0.2) is 0 Å². The number of phenolic OH excluding ortho intramolecular Hbond substituents is 2. The molecule has 0 spiro atoms. The minimum Gasteiger partial charge on any atom is -0.508 e. The van der Waals surface area contributed by atoms with Crippen LogP contribution in [0.2, 0.25) is 0 Å². The van der Waals surface area contributed by atoms with Gasteiger partial charge in [0.05, 0.1) is 11.0 Å². The predicted octanol–water partition coefficient (Wildman–Crippen LogP) is 3.99. The lowest BCUT2D eigenvalue weighted by atomic mass is 10.2. The van der Waals surface area contributed by atoms with Crippen molar-refractivity contribution in [3.8, 4) is 23.3 Å². The number of fused-ring (bicyclic) bond motifs is 2. The van der Waals surface area contributed by atoms with Gasteiger partial charge in [-0.2, -0.15) is 0 Å². The van der Waals surface area contributed by atoms with Crippen molar-refractivity contribution in [1.29, 1.82) is 0 Å². The number of rotatable bonds is 2. The van der Waals surface area contributed by atoms with Gasteiger partial charge in [-0.1, -0.05) is 0 Å².